The first kappa shape index (κ1) is 39.1. The highest BCUT2D eigenvalue weighted by Crippen LogP contribution is 2.45. The Kier molecular flexibility index (Phi) is 12.8. The fourth-order valence-electron chi connectivity index (χ4n) is 7.50. The lowest BCUT2D eigenvalue weighted by molar-refractivity contribution is -0.00183. The number of aliphatic hydroxyl groups is 1. The Balaban J connectivity index is 0.976. The highest BCUT2D eigenvalue weighted by atomic mass is 16.6. The molecule has 9 heteroatoms. The van der Waals surface area contributed by atoms with E-state index in [1.165, 1.54) is 22.3 Å². The molecule has 0 bridgehead atoms. The van der Waals surface area contributed by atoms with E-state index in [1.54, 1.807) is 14.2 Å². The van der Waals surface area contributed by atoms with Crippen LogP contribution < -0.4 is 19.5 Å². The van der Waals surface area contributed by atoms with Gasteiger partial charge in [-0.25, -0.2) is 4.79 Å². The van der Waals surface area contributed by atoms with Gasteiger partial charge in [-0.15, -0.1) is 0 Å². The summed E-state index contributed by atoms with van der Waals surface area (Å²) >= 11 is 0. The van der Waals surface area contributed by atoms with E-state index >= 15 is 0 Å². The smallest absolute Gasteiger partial charge is 0.407 e. The van der Waals surface area contributed by atoms with E-state index in [2.05, 4.69) is 29.6 Å². The number of ether oxygens (including phenoxy) is 6. The van der Waals surface area contributed by atoms with E-state index in [0.717, 1.165) is 33.8 Å². The number of hydrogen-bond donors (Lipinski definition) is 2. The van der Waals surface area contributed by atoms with Gasteiger partial charge in [0, 0.05) is 18.0 Å². The first-order chi connectivity index (χ1) is 28.0. The predicted molar refractivity (Wildman–Crippen MR) is 219 cm³/mol. The van der Waals surface area contributed by atoms with Crippen LogP contribution in [0.25, 0.3) is 11.1 Å². The summed E-state index contributed by atoms with van der Waals surface area (Å²) in [4.78, 5) is 12.6. The van der Waals surface area contributed by atoms with E-state index < -0.39 is 11.7 Å². The average Bonchev–Trinajstić information content (AvgIpc) is 3.59. The summed E-state index contributed by atoms with van der Waals surface area (Å²) < 4.78 is 35.8. The van der Waals surface area contributed by atoms with Gasteiger partial charge in [0.25, 0.3) is 0 Å². The Morgan fingerprint density at radius 3 is 1.82 bits per heavy atom. The molecule has 6 aromatic rings. The van der Waals surface area contributed by atoms with Crippen molar-refractivity contribution >= 4 is 6.09 Å². The van der Waals surface area contributed by atoms with Crippen LogP contribution in [0.3, 0.4) is 0 Å². The second-order valence-corrected chi connectivity index (χ2v) is 13.6. The van der Waals surface area contributed by atoms with Crippen LogP contribution in [0.4, 0.5) is 4.79 Å². The number of methoxy groups -OCH3 is 2. The second kappa shape index (κ2) is 18.7. The van der Waals surface area contributed by atoms with Gasteiger partial charge in [-0.2, -0.15) is 0 Å². The van der Waals surface area contributed by atoms with Gasteiger partial charge in [0.1, 0.15) is 36.1 Å². The van der Waals surface area contributed by atoms with Crippen molar-refractivity contribution in [3.05, 3.63) is 185 Å². The minimum Gasteiger partial charge on any atom is -0.497 e. The number of carbonyl (C=O) groups is 1. The fraction of sp³-hybridized carbons (Fsp3) is 0.229. The summed E-state index contributed by atoms with van der Waals surface area (Å²) in [7, 11) is 3.28. The molecule has 0 aliphatic heterocycles. The molecule has 0 saturated heterocycles. The van der Waals surface area contributed by atoms with Crippen molar-refractivity contribution in [2.75, 3.05) is 47.2 Å². The van der Waals surface area contributed by atoms with Crippen molar-refractivity contribution < 1.29 is 38.3 Å². The van der Waals surface area contributed by atoms with Gasteiger partial charge in [-0.05, 0) is 74.8 Å². The van der Waals surface area contributed by atoms with E-state index in [0.29, 0.717) is 11.3 Å². The van der Waals surface area contributed by atoms with Crippen molar-refractivity contribution in [2.45, 2.75) is 24.7 Å². The van der Waals surface area contributed by atoms with Crippen molar-refractivity contribution in [3.63, 3.8) is 0 Å². The molecule has 7 rings (SSSR count). The third-order valence-corrected chi connectivity index (χ3v) is 10.4. The summed E-state index contributed by atoms with van der Waals surface area (Å²) in [5.74, 6) is 2.03. The van der Waals surface area contributed by atoms with Crippen molar-refractivity contribution in [2.24, 2.45) is 0 Å². The molecular formula is C48H47NO8. The highest BCUT2D eigenvalue weighted by molar-refractivity contribution is 5.79. The summed E-state index contributed by atoms with van der Waals surface area (Å²) in [6.45, 7) is 1.26. The lowest BCUT2D eigenvalue weighted by Gasteiger charge is -2.36. The molecule has 0 unspecified atom stereocenters. The van der Waals surface area contributed by atoms with Gasteiger partial charge in [0.15, 0.2) is 0 Å². The molecule has 0 heterocycles. The Hall–Kier alpha value is -6.13. The summed E-state index contributed by atoms with van der Waals surface area (Å²) in [5.41, 5.74) is 7.76. The van der Waals surface area contributed by atoms with Crippen LogP contribution in [-0.4, -0.2) is 58.4 Å². The summed E-state index contributed by atoms with van der Waals surface area (Å²) in [6.07, 6.45) is -0.488. The van der Waals surface area contributed by atoms with Crippen LogP contribution in [0.1, 0.15) is 44.9 Å². The number of nitrogens with one attached hydrogen (secondary N) is 1. The van der Waals surface area contributed by atoms with Crippen LogP contribution >= 0.6 is 0 Å². The molecule has 292 valence electrons. The van der Waals surface area contributed by atoms with Crippen molar-refractivity contribution in [1.82, 2.24) is 5.32 Å². The van der Waals surface area contributed by atoms with Gasteiger partial charge in [-0.3, -0.25) is 0 Å². The molecule has 6 aromatic carbocycles. The topological polar surface area (TPSA) is 105 Å². The Morgan fingerprint density at radius 2 is 1.23 bits per heavy atom. The molecule has 0 radical (unpaired) electrons. The fourth-order valence-corrected chi connectivity index (χ4v) is 7.50. The number of hydrogen-bond acceptors (Lipinski definition) is 8. The minimum absolute atomic E-state index is 0.00387. The normalized spacial score (nSPS) is 12.1. The zero-order valence-electron chi connectivity index (χ0n) is 32.2. The lowest BCUT2D eigenvalue weighted by atomic mass is 9.80. The number of amides is 1. The van der Waals surface area contributed by atoms with Gasteiger partial charge >= 0.3 is 6.09 Å². The monoisotopic (exact) mass is 765 g/mol. The van der Waals surface area contributed by atoms with Gasteiger partial charge in [-0.1, -0.05) is 115 Å². The SMILES string of the molecule is COc1ccc(C(OCc2c(CO)cccc2OCCOCCNC(=O)OCC2c3ccccc3-c3ccccc32)(c2ccccc2)c2ccc(OC)cc2)cc1. The number of rotatable bonds is 18. The first-order valence-corrected chi connectivity index (χ1v) is 19.0. The van der Waals surface area contributed by atoms with Crippen molar-refractivity contribution in [1.29, 1.82) is 0 Å². The minimum atomic E-state index is -1.05. The molecule has 1 amide bonds. The zero-order valence-corrected chi connectivity index (χ0v) is 32.2. The molecule has 0 aromatic heterocycles. The molecule has 0 spiro atoms. The number of carbonyl (C=O) groups excluding carboxylic acids is 1. The third kappa shape index (κ3) is 8.66. The van der Waals surface area contributed by atoms with E-state index in [1.807, 2.05) is 121 Å². The maximum atomic E-state index is 12.6. The maximum Gasteiger partial charge on any atom is 0.407 e. The largest absolute Gasteiger partial charge is 0.497 e. The van der Waals surface area contributed by atoms with Crippen molar-refractivity contribution in [3.8, 4) is 28.4 Å². The predicted octanol–water partition coefficient (Wildman–Crippen LogP) is 8.64. The van der Waals surface area contributed by atoms with E-state index in [4.69, 9.17) is 28.4 Å². The summed E-state index contributed by atoms with van der Waals surface area (Å²) in [5, 5.41) is 13.2. The van der Waals surface area contributed by atoms with E-state index in [-0.39, 0.29) is 52.1 Å². The molecular weight excluding hydrogens is 719 g/mol. The van der Waals surface area contributed by atoms with Gasteiger partial charge in [0.2, 0.25) is 0 Å². The number of aliphatic hydroxyl groups excluding tert-OH is 1. The van der Waals surface area contributed by atoms with Crippen LogP contribution in [0.2, 0.25) is 0 Å². The Bertz CT molecular complexity index is 2130. The molecule has 0 saturated carbocycles. The number of alkyl carbamates (subject to hydrolysis) is 1. The molecule has 57 heavy (non-hydrogen) atoms. The molecule has 0 atom stereocenters. The average molecular weight is 766 g/mol. The van der Waals surface area contributed by atoms with Crippen LogP contribution in [-0.2, 0) is 33.0 Å². The number of benzene rings is 6. The lowest BCUT2D eigenvalue weighted by Crippen LogP contribution is -2.33. The zero-order chi connectivity index (χ0) is 39.5. The van der Waals surface area contributed by atoms with Crippen LogP contribution in [0, 0.1) is 0 Å². The quantitative estimate of drug-likeness (QED) is 0.0663. The molecule has 2 N–H and O–H groups in total. The summed E-state index contributed by atoms with van der Waals surface area (Å²) in [6, 6.07) is 47.8. The molecule has 0 fully saturated rings. The van der Waals surface area contributed by atoms with Crippen LogP contribution in [0.15, 0.2) is 146 Å². The Morgan fingerprint density at radius 1 is 0.649 bits per heavy atom. The third-order valence-electron chi connectivity index (χ3n) is 10.4. The molecule has 1 aliphatic rings. The molecule has 9 nitrogen and oxygen atoms in total. The second-order valence-electron chi connectivity index (χ2n) is 13.6. The van der Waals surface area contributed by atoms with Gasteiger partial charge < -0.3 is 38.8 Å². The first-order valence-electron chi connectivity index (χ1n) is 19.0. The van der Waals surface area contributed by atoms with Crippen LogP contribution in [0.5, 0.6) is 17.2 Å². The Labute approximate surface area is 333 Å². The van der Waals surface area contributed by atoms with Gasteiger partial charge in [0.05, 0.1) is 40.6 Å². The maximum absolute atomic E-state index is 12.6. The van der Waals surface area contributed by atoms with E-state index in [9.17, 15) is 9.90 Å². The highest BCUT2D eigenvalue weighted by Gasteiger charge is 2.38. The number of fused-ring (bicyclic) bond motifs is 3. The molecule has 1 aliphatic carbocycles. The standard InChI is InChI=1S/C48H47NO8/c1-52-38-23-19-36(20-24-38)48(35-12-4-3-5-13-35,37-21-25-39(53-2)26-22-37)57-33-44-34(31-50)11-10-18-46(44)55-30-29-54-28-27-49-47(51)56-32-45-42-16-8-6-14-40(42)41-15-7-9-17-43(41)45/h3-26,45,50H,27-33H2,1-2H3,(H,49,51).